The summed E-state index contributed by atoms with van der Waals surface area (Å²) in [7, 11) is 0. The summed E-state index contributed by atoms with van der Waals surface area (Å²) in [5.41, 5.74) is 0. The average Bonchev–Trinajstić information content (AvgIpc) is 2.62. The van der Waals surface area contributed by atoms with Gasteiger partial charge in [0.05, 0.1) is 4.92 Å². The number of aromatic nitrogens is 1. The molecule has 1 heterocycles. The third kappa shape index (κ3) is 2.96. The van der Waals surface area contributed by atoms with Crippen molar-refractivity contribution >= 4 is 49.4 Å². The fourth-order valence-corrected chi connectivity index (χ4v) is 2.39. The summed E-state index contributed by atoms with van der Waals surface area (Å²) in [6, 6.07) is 0. The first-order valence-electron chi connectivity index (χ1n) is 3.44. The third-order valence-electron chi connectivity index (χ3n) is 1.20. The van der Waals surface area contributed by atoms with Crippen LogP contribution in [0, 0.1) is 10.1 Å². The molecule has 0 spiro atoms. The summed E-state index contributed by atoms with van der Waals surface area (Å²) in [5.74, 6) is 0. The van der Waals surface area contributed by atoms with Crippen molar-refractivity contribution in [2.45, 2.75) is 0 Å². The van der Waals surface area contributed by atoms with E-state index >= 15 is 0 Å². The molecule has 0 aliphatic rings. The maximum atomic E-state index is 10.4. The van der Waals surface area contributed by atoms with Crippen LogP contribution in [0.25, 0.3) is 0 Å². The Morgan fingerprint density at radius 2 is 2.29 bits per heavy atom. The second-order valence-electron chi connectivity index (χ2n) is 2.02. The number of thioether (sulfide) groups is 2. The lowest BCUT2D eigenvalue weighted by Crippen LogP contribution is -1.80. The zero-order valence-electron chi connectivity index (χ0n) is 7.46. The first-order valence-corrected chi connectivity index (χ1v) is 6.71. The van der Waals surface area contributed by atoms with E-state index in [1.54, 1.807) is 0 Å². The van der Waals surface area contributed by atoms with Gasteiger partial charge in [0.2, 0.25) is 5.13 Å². The summed E-state index contributed by atoms with van der Waals surface area (Å²) in [6.45, 7) is 0. The van der Waals surface area contributed by atoms with Crippen molar-refractivity contribution < 1.29 is 4.92 Å². The van der Waals surface area contributed by atoms with E-state index in [4.69, 9.17) is 0 Å². The maximum Gasteiger partial charge on any atom is 0.345 e. The van der Waals surface area contributed by atoms with Gasteiger partial charge in [0.15, 0.2) is 0 Å². The molecule has 5 nitrogen and oxygen atoms in total. The van der Waals surface area contributed by atoms with Crippen LogP contribution in [0.1, 0.15) is 0 Å². The Kier molecular flexibility index (Phi) is 4.36. The van der Waals surface area contributed by atoms with Gasteiger partial charge in [0.1, 0.15) is 10.6 Å². The molecule has 1 aromatic rings. The molecule has 0 saturated heterocycles. The number of aliphatic imine (C=N–C) groups is 1. The van der Waals surface area contributed by atoms with Crippen molar-refractivity contribution in [3.05, 3.63) is 16.3 Å². The fraction of sp³-hybridized carbons (Fsp3) is 0.333. The molecule has 76 valence electrons. The maximum absolute atomic E-state index is 10.4. The molecule has 1 aromatic heterocycles. The second kappa shape index (κ2) is 5.32. The Balaban J connectivity index is 2.87. The number of rotatable bonds is 2. The minimum Gasteiger partial charge on any atom is -0.257 e. The number of nitro groups is 1. The van der Waals surface area contributed by atoms with Crippen molar-refractivity contribution in [3.8, 4) is 0 Å². The largest absolute Gasteiger partial charge is 0.345 e. The number of hydrogen-bond donors (Lipinski definition) is 0. The van der Waals surface area contributed by atoms with Crippen LogP contribution in [-0.2, 0) is 0 Å². The van der Waals surface area contributed by atoms with Crippen molar-refractivity contribution in [3.63, 3.8) is 0 Å². The molecule has 14 heavy (non-hydrogen) atoms. The number of nitrogens with zero attached hydrogens (tertiary/aromatic N) is 3. The summed E-state index contributed by atoms with van der Waals surface area (Å²) in [5, 5.41) is 10.8. The van der Waals surface area contributed by atoms with Gasteiger partial charge >= 0.3 is 5.00 Å². The van der Waals surface area contributed by atoms with E-state index in [0.717, 1.165) is 15.7 Å². The van der Waals surface area contributed by atoms with E-state index in [1.165, 1.54) is 29.7 Å². The van der Waals surface area contributed by atoms with Crippen LogP contribution in [0.5, 0.6) is 0 Å². The van der Waals surface area contributed by atoms with Crippen molar-refractivity contribution in [2.75, 3.05) is 12.5 Å². The van der Waals surface area contributed by atoms with Crippen LogP contribution in [-0.4, -0.2) is 26.8 Å². The normalized spacial score (nSPS) is 9.86. The molecule has 0 fully saturated rings. The van der Waals surface area contributed by atoms with Gasteiger partial charge in [-0.05, 0) is 23.8 Å². The fourth-order valence-electron chi connectivity index (χ4n) is 0.645. The van der Waals surface area contributed by atoms with E-state index in [-0.39, 0.29) is 5.00 Å². The smallest absolute Gasteiger partial charge is 0.257 e. The molecule has 0 radical (unpaired) electrons. The predicted molar refractivity (Wildman–Crippen MR) is 62.9 cm³/mol. The van der Waals surface area contributed by atoms with Gasteiger partial charge in [0.25, 0.3) is 0 Å². The van der Waals surface area contributed by atoms with E-state index < -0.39 is 4.92 Å². The number of thiazole rings is 1. The molecule has 0 bridgehead atoms. The zero-order valence-corrected chi connectivity index (χ0v) is 9.91. The van der Waals surface area contributed by atoms with Gasteiger partial charge in [0, 0.05) is 0 Å². The molecule has 0 N–H and O–H groups in total. The highest BCUT2D eigenvalue weighted by atomic mass is 32.2. The predicted octanol–water partition coefficient (Wildman–Crippen LogP) is 2.76. The summed E-state index contributed by atoms with van der Waals surface area (Å²) >= 11 is 3.96. The SMILES string of the molecule is CSC(=Nc1ncc([N+](=O)[O-])s1)SC. The Hall–Kier alpha value is -0.600. The Bertz CT molecular complexity index is 357. The van der Waals surface area contributed by atoms with E-state index in [0.29, 0.717) is 5.13 Å². The minimum atomic E-state index is -0.464. The Labute approximate surface area is 93.2 Å². The van der Waals surface area contributed by atoms with Crippen LogP contribution >= 0.6 is 34.9 Å². The van der Waals surface area contributed by atoms with Crippen LogP contribution in [0.4, 0.5) is 10.1 Å². The lowest BCUT2D eigenvalue weighted by molar-refractivity contribution is -0.380. The van der Waals surface area contributed by atoms with E-state index in [9.17, 15) is 10.1 Å². The van der Waals surface area contributed by atoms with E-state index in [1.807, 2.05) is 12.5 Å². The molecular weight excluding hydrogens is 242 g/mol. The lowest BCUT2D eigenvalue weighted by Gasteiger charge is -1.93. The number of hydrogen-bond acceptors (Lipinski definition) is 7. The quantitative estimate of drug-likeness (QED) is 0.349. The third-order valence-corrected chi connectivity index (χ3v) is 3.92. The molecule has 0 aliphatic carbocycles. The summed E-state index contributed by atoms with van der Waals surface area (Å²) in [4.78, 5) is 17.9. The summed E-state index contributed by atoms with van der Waals surface area (Å²) < 4.78 is 0.842. The van der Waals surface area contributed by atoms with Crippen molar-refractivity contribution in [1.82, 2.24) is 4.98 Å². The topological polar surface area (TPSA) is 68.4 Å². The van der Waals surface area contributed by atoms with Gasteiger partial charge in [-0.1, -0.05) is 0 Å². The molecule has 1 rings (SSSR count). The molecule has 0 atom stereocenters. The minimum absolute atomic E-state index is 0.0188. The van der Waals surface area contributed by atoms with E-state index in [2.05, 4.69) is 9.98 Å². The Morgan fingerprint density at radius 3 is 2.71 bits per heavy atom. The first-order chi connectivity index (χ1) is 6.67. The second-order valence-corrected chi connectivity index (χ2v) is 4.86. The molecule has 0 unspecified atom stereocenters. The van der Waals surface area contributed by atoms with Gasteiger partial charge in [-0.15, -0.1) is 23.5 Å². The first kappa shape index (κ1) is 11.5. The molecule has 0 amide bonds. The zero-order chi connectivity index (χ0) is 10.6. The van der Waals surface area contributed by atoms with Crippen LogP contribution in [0.3, 0.4) is 0 Å². The molecule has 8 heteroatoms. The standard InChI is InChI=1S/C6H7N3O2S3/c1-12-6(13-2)8-5-7-3-4(14-5)9(10)11/h3H,1-2H3. The van der Waals surface area contributed by atoms with Crippen molar-refractivity contribution in [2.24, 2.45) is 4.99 Å². The van der Waals surface area contributed by atoms with Gasteiger partial charge in [-0.2, -0.15) is 0 Å². The monoisotopic (exact) mass is 249 g/mol. The van der Waals surface area contributed by atoms with Gasteiger partial charge in [-0.3, -0.25) is 10.1 Å². The summed E-state index contributed by atoms with van der Waals surface area (Å²) in [6.07, 6.45) is 5.02. The van der Waals surface area contributed by atoms with Crippen LogP contribution in [0.2, 0.25) is 0 Å². The Morgan fingerprint density at radius 1 is 1.64 bits per heavy atom. The van der Waals surface area contributed by atoms with Crippen molar-refractivity contribution in [1.29, 1.82) is 0 Å². The van der Waals surface area contributed by atoms with Crippen LogP contribution in [0.15, 0.2) is 11.2 Å². The molecule has 0 saturated carbocycles. The molecule has 0 aliphatic heterocycles. The molecular formula is C6H7N3O2S3. The van der Waals surface area contributed by atoms with Crippen LogP contribution < -0.4 is 0 Å². The highest BCUT2D eigenvalue weighted by Gasteiger charge is 2.11. The highest BCUT2D eigenvalue weighted by Crippen LogP contribution is 2.29. The van der Waals surface area contributed by atoms with Gasteiger partial charge in [-0.25, -0.2) is 9.98 Å². The average molecular weight is 249 g/mol. The lowest BCUT2D eigenvalue weighted by atomic mass is 10.9. The highest BCUT2D eigenvalue weighted by molar-refractivity contribution is 8.38. The van der Waals surface area contributed by atoms with Gasteiger partial charge < -0.3 is 0 Å². The molecule has 0 aromatic carbocycles.